The molecule has 0 aliphatic heterocycles. The van der Waals surface area contributed by atoms with Gasteiger partial charge in [0.1, 0.15) is 4.88 Å². The summed E-state index contributed by atoms with van der Waals surface area (Å²) in [5.74, 6) is 0.00711. The Morgan fingerprint density at radius 2 is 2.40 bits per heavy atom. The van der Waals surface area contributed by atoms with Gasteiger partial charge >= 0.3 is 0 Å². The van der Waals surface area contributed by atoms with Crippen LogP contribution in [-0.4, -0.2) is 17.3 Å². The number of alkyl halides is 1. The van der Waals surface area contributed by atoms with Crippen LogP contribution < -0.4 is 5.32 Å². The summed E-state index contributed by atoms with van der Waals surface area (Å²) in [5, 5.41) is 4.80. The number of thiophene rings is 1. The third-order valence-corrected chi connectivity index (χ3v) is 4.95. The number of halogens is 2. The van der Waals surface area contributed by atoms with Gasteiger partial charge in [-0.05, 0) is 40.2 Å². The highest BCUT2D eigenvalue weighted by atomic mass is 79.9. The van der Waals surface area contributed by atoms with Gasteiger partial charge in [-0.25, -0.2) is 0 Å². The second-order valence-electron chi connectivity index (χ2n) is 3.15. The topological polar surface area (TPSA) is 29.1 Å². The minimum absolute atomic E-state index is 0.00711. The van der Waals surface area contributed by atoms with Gasteiger partial charge in [0.25, 0.3) is 5.91 Å². The lowest BCUT2D eigenvalue weighted by atomic mass is 10.2. The van der Waals surface area contributed by atoms with Crippen LogP contribution >= 0.6 is 43.2 Å². The molecule has 1 unspecified atom stereocenters. The summed E-state index contributed by atoms with van der Waals surface area (Å²) in [7, 11) is 0. The molecule has 0 radical (unpaired) electrons. The molecule has 1 aromatic heterocycles. The largest absolute Gasteiger partial charge is 0.351 e. The van der Waals surface area contributed by atoms with Crippen molar-refractivity contribution < 1.29 is 4.79 Å². The minimum Gasteiger partial charge on any atom is -0.351 e. The van der Waals surface area contributed by atoms with Crippen molar-refractivity contribution in [2.75, 3.05) is 6.54 Å². The summed E-state index contributed by atoms with van der Waals surface area (Å²) in [6.45, 7) is 2.84. The zero-order valence-electron chi connectivity index (χ0n) is 8.43. The molecular formula is C10H13Br2NOS. The Bertz CT molecular complexity index is 327. The summed E-state index contributed by atoms with van der Waals surface area (Å²) in [6.07, 6.45) is 2.05. The van der Waals surface area contributed by atoms with Crippen molar-refractivity contribution in [1.29, 1.82) is 0 Å². The van der Waals surface area contributed by atoms with Crippen LogP contribution in [0.2, 0.25) is 0 Å². The molecule has 0 aliphatic rings. The molecule has 84 valence electrons. The van der Waals surface area contributed by atoms with E-state index in [1.807, 2.05) is 11.4 Å². The predicted molar refractivity (Wildman–Crippen MR) is 72.0 cm³/mol. The summed E-state index contributed by atoms with van der Waals surface area (Å²) >= 11 is 8.33. The van der Waals surface area contributed by atoms with Crippen LogP contribution in [-0.2, 0) is 0 Å². The predicted octanol–water partition coefficient (Wildman–Crippen LogP) is 3.80. The third-order valence-electron chi connectivity index (χ3n) is 2.01. The Labute approximate surface area is 111 Å². The highest BCUT2D eigenvalue weighted by Gasteiger charge is 2.11. The van der Waals surface area contributed by atoms with Crippen LogP contribution in [0.25, 0.3) is 0 Å². The molecule has 0 saturated carbocycles. The molecule has 0 fully saturated rings. The molecule has 0 bridgehead atoms. The maximum atomic E-state index is 11.7. The molecule has 0 aromatic carbocycles. The van der Waals surface area contributed by atoms with E-state index in [9.17, 15) is 4.79 Å². The van der Waals surface area contributed by atoms with Crippen LogP contribution in [0.1, 0.15) is 29.4 Å². The Kier molecular flexibility index (Phi) is 5.86. The van der Waals surface area contributed by atoms with Gasteiger partial charge in [-0.3, -0.25) is 4.79 Å². The second kappa shape index (κ2) is 6.66. The molecule has 1 amide bonds. The molecule has 0 aliphatic carbocycles. The standard InChI is InChI=1S/C10H13Br2NOS/c1-2-7(11)3-5-13-10(14)9-8(12)4-6-15-9/h4,6-7H,2-3,5H2,1H3,(H,13,14). The highest BCUT2D eigenvalue weighted by Crippen LogP contribution is 2.22. The van der Waals surface area contributed by atoms with Gasteiger partial charge in [0, 0.05) is 15.8 Å². The van der Waals surface area contributed by atoms with Crippen LogP contribution in [0.15, 0.2) is 15.9 Å². The number of carbonyl (C=O) groups excluding carboxylic acids is 1. The lowest BCUT2D eigenvalue weighted by Gasteiger charge is -2.07. The fraction of sp³-hybridized carbons (Fsp3) is 0.500. The van der Waals surface area contributed by atoms with Gasteiger partial charge in [0.05, 0.1) is 0 Å². The van der Waals surface area contributed by atoms with E-state index in [0.717, 1.165) is 22.2 Å². The van der Waals surface area contributed by atoms with E-state index in [1.165, 1.54) is 11.3 Å². The van der Waals surface area contributed by atoms with Crippen molar-refractivity contribution in [2.24, 2.45) is 0 Å². The van der Waals surface area contributed by atoms with E-state index in [1.54, 1.807) is 0 Å². The molecule has 1 heterocycles. The Morgan fingerprint density at radius 1 is 1.67 bits per heavy atom. The number of hydrogen-bond acceptors (Lipinski definition) is 2. The summed E-state index contributed by atoms with van der Waals surface area (Å²) in [5.41, 5.74) is 0. The van der Waals surface area contributed by atoms with E-state index >= 15 is 0 Å². The van der Waals surface area contributed by atoms with Crippen LogP contribution in [0.5, 0.6) is 0 Å². The van der Waals surface area contributed by atoms with Gasteiger partial charge in [-0.1, -0.05) is 22.9 Å². The fourth-order valence-electron chi connectivity index (χ4n) is 1.08. The van der Waals surface area contributed by atoms with Gasteiger partial charge < -0.3 is 5.32 Å². The van der Waals surface area contributed by atoms with E-state index in [4.69, 9.17) is 0 Å². The first kappa shape index (κ1) is 13.2. The van der Waals surface area contributed by atoms with E-state index in [2.05, 4.69) is 44.1 Å². The summed E-state index contributed by atoms with van der Waals surface area (Å²) in [6, 6.07) is 1.89. The van der Waals surface area contributed by atoms with Crippen molar-refractivity contribution in [3.8, 4) is 0 Å². The quantitative estimate of drug-likeness (QED) is 0.800. The van der Waals surface area contributed by atoms with Crippen LogP contribution in [0.3, 0.4) is 0 Å². The molecule has 1 rings (SSSR count). The molecule has 0 saturated heterocycles. The maximum absolute atomic E-state index is 11.7. The van der Waals surface area contributed by atoms with Gasteiger partial charge in [0.2, 0.25) is 0 Å². The average Bonchev–Trinajstić information content (AvgIpc) is 2.64. The third kappa shape index (κ3) is 4.25. The molecule has 1 aromatic rings. The number of carbonyl (C=O) groups is 1. The van der Waals surface area contributed by atoms with Crippen molar-refractivity contribution in [3.05, 3.63) is 20.8 Å². The lowest BCUT2D eigenvalue weighted by Crippen LogP contribution is -2.25. The Balaban J connectivity index is 2.34. The molecule has 1 N–H and O–H groups in total. The monoisotopic (exact) mass is 353 g/mol. The number of rotatable bonds is 5. The van der Waals surface area contributed by atoms with Crippen molar-refractivity contribution in [3.63, 3.8) is 0 Å². The summed E-state index contributed by atoms with van der Waals surface area (Å²) in [4.78, 5) is 12.9. The first-order valence-corrected chi connectivity index (χ1v) is 7.39. The first-order valence-electron chi connectivity index (χ1n) is 4.80. The van der Waals surface area contributed by atoms with E-state index < -0.39 is 0 Å². The Morgan fingerprint density at radius 3 is 2.93 bits per heavy atom. The minimum atomic E-state index is 0.00711. The number of nitrogens with one attached hydrogen (secondary N) is 1. The maximum Gasteiger partial charge on any atom is 0.262 e. The molecular weight excluding hydrogens is 342 g/mol. The molecule has 0 spiro atoms. The van der Waals surface area contributed by atoms with Gasteiger partial charge in [-0.2, -0.15) is 0 Å². The second-order valence-corrected chi connectivity index (χ2v) is 6.21. The average molecular weight is 355 g/mol. The lowest BCUT2D eigenvalue weighted by molar-refractivity contribution is 0.0956. The fourth-order valence-corrected chi connectivity index (χ4v) is 2.78. The number of amides is 1. The van der Waals surface area contributed by atoms with E-state index in [0.29, 0.717) is 11.4 Å². The smallest absolute Gasteiger partial charge is 0.262 e. The van der Waals surface area contributed by atoms with Crippen molar-refractivity contribution >= 4 is 49.1 Å². The van der Waals surface area contributed by atoms with Gasteiger partial charge in [-0.15, -0.1) is 11.3 Å². The SMILES string of the molecule is CCC(Br)CCNC(=O)c1sccc1Br. The molecule has 2 nitrogen and oxygen atoms in total. The zero-order valence-corrected chi connectivity index (χ0v) is 12.4. The zero-order chi connectivity index (χ0) is 11.3. The van der Waals surface area contributed by atoms with Crippen LogP contribution in [0.4, 0.5) is 0 Å². The number of hydrogen-bond donors (Lipinski definition) is 1. The normalized spacial score (nSPS) is 12.5. The Hall–Kier alpha value is 0.130. The van der Waals surface area contributed by atoms with Crippen LogP contribution in [0, 0.1) is 0 Å². The molecule has 5 heteroatoms. The highest BCUT2D eigenvalue weighted by molar-refractivity contribution is 9.10. The van der Waals surface area contributed by atoms with Crippen molar-refractivity contribution in [2.45, 2.75) is 24.6 Å². The molecule has 1 atom stereocenters. The van der Waals surface area contributed by atoms with Gasteiger partial charge in [0.15, 0.2) is 0 Å². The summed E-state index contributed by atoms with van der Waals surface area (Å²) < 4.78 is 0.871. The van der Waals surface area contributed by atoms with Crippen molar-refractivity contribution in [1.82, 2.24) is 5.32 Å². The van der Waals surface area contributed by atoms with E-state index in [-0.39, 0.29) is 5.91 Å². The first-order chi connectivity index (χ1) is 7.15. The molecule has 15 heavy (non-hydrogen) atoms.